The van der Waals surface area contributed by atoms with E-state index in [2.05, 4.69) is 20.8 Å². The van der Waals surface area contributed by atoms with Crippen molar-refractivity contribution in [3.63, 3.8) is 0 Å². The van der Waals surface area contributed by atoms with Crippen LogP contribution in [0.15, 0.2) is 29.3 Å². The Kier molecular flexibility index (Phi) is 3.43. The van der Waals surface area contributed by atoms with E-state index < -0.39 is 0 Å². The molecule has 1 unspecified atom stereocenters. The van der Waals surface area contributed by atoms with Crippen LogP contribution in [-0.4, -0.2) is 18.0 Å². The van der Waals surface area contributed by atoms with Gasteiger partial charge in [0.2, 0.25) is 0 Å². The summed E-state index contributed by atoms with van der Waals surface area (Å²) >= 11 is 5.85. The third-order valence-corrected chi connectivity index (χ3v) is 3.68. The zero-order chi connectivity index (χ0) is 12.5. The van der Waals surface area contributed by atoms with Crippen molar-refractivity contribution < 1.29 is 4.74 Å². The van der Waals surface area contributed by atoms with Gasteiger partial charge in [-0.1, -0.05) is 37.6 Å². The second-order valence-electron chi connectivity index (χ2n) is 5.11. The van der Waals surface area contributed by atoms with E-state index in [1.165, 1.54) is 5.56 Å². The van der Waals surface area contributed by atoms with E-state index in [0.29, 0.717) is 12.5 Å². The highest BCUT2D eigenvalue weighted by molar-refractivity contribution is 6.30. The number of aliphatic imine (C=N–C) groups is 1. The molecule has 1 atom stereocenters. The molecular formula is C14H18ClNO. The number of ether oxygens (including phenoxy) is 1. The van der Waals surface area contributed by atoms with Gasteiger partial charge in [0.1, 0.15) is 6.61 Å². The predicted octanol–water partition coefficient (Wildman–Crippen LogP) is 3.73. The molecule has 0 fully saturated rings. The molecule has 0 saturated carbocycles. The second kappa shape index (κ2) is 4.69. The fraction of sp³-hybridized carbons (Fsp3) is 0.500. The Labute approximate surface area is 108 Å². The Hall–Kier alpha value is -1.02. The molecule has 92 valence electrons. The average Bonchev–Trinajstić information content (AvgIpc) is 2.65. The first-order valence-electron chi connectivity index (χ1n) is 5.95. The Morgan fingerprint density at radius 3 is 2.53 bits per heavy atom. The Bertz CT molecular complexity index is 424. The number of rotatable bonds is 3. The van der Waals surface area contributed by atoms with Gasteiger partial charge in [-0.3, -0.25) is 0 Å². The maximum Gasteiger partial charge on any atom is 0.188 e. The van der Waals surface area contributed by atoms with Crippen LogP contribution in [0, 0.1) is 5.92 Å². The lowest BCUT2D eigenvalue weighted by atomic mass is 9.91. The van der Waals surface area contributed by atoms with Gasteiger partial charge in [-0.05, 0) is 30.5 Å². The summed E-state index contributed by atoms with van der Waals surface area (Å²) in [5.41, 5.74) is 1.11. The van der Waals surface area contributed by atoms with Gasteiger partial charge in [0.15, 0.2) is 5.90 Å². The van der Waals surface area contributed by atoms with Gasteiger partial charge in [0.05, 0.1) is 5.54 Å². The summed E-state index contributed by atoms with van der Waals surface area (Å²) in [5, 5.41) is 0.759. The van der Waals surface area contributed by atoms with E-state index in [1.54, 1.807) is 0 Å². The third kappa shape index (κ3) is 2.81. The minimum atomic E-state index is -0.0677. The van der Waals surface area contributed by atoms with Crippen LogP contribution < -0.4 is 0 Å². The van der Waals surface area contributed by atoms with Gasteiger partial charge in [0.25, 0.3) is 0 Å². The highest BCUT2D eigenvalue weighted by Crippen LogP contribution is 2.27. The monoisotopic (exact) mass is 251 g/mol. The van der Waals surface area contributed by atoms with E-state index in [-0.39, 0.29) is 5.54 Å². The van der Waals surface area contributed by atoms with Crippen molar-refractivity contribution in [3.05, 3.63) is 34.9 Å². The quantitative estimate of drug-likeness (QED) is 0.802. The van der Waals surface area contributed by atoms with Crippen LogP contribution in [0.1, 0.15) is 26.3 Å². The van der Waals surface area contributed by atoms with Crippen LogP contribution in [0.4, 0.5) is 0 Å². The SMILES string of the molecule is CC(C)C1(C)COC(Cc2ccc(Cl)cc2)=N1. The first kappa shape index (κ1) is 12.4. The lowest BCUT2D eigenvalue weighted by Gasteiger charge is -2.22. The van der Waals surface area contributed by atoms with Crippen LogP contribution >= 0.6 is 11.6 Å². The second-order valence-corrected chi connectivity index (χ2v) is 5.55. The maximum atomic E-state index is 5.85. The molecule has 2 nitrogen and oxygen atoms in total. The highest BCUT2D eigenvalue weighted by atomic mass is 35.5. The maximum absolute atomic E-state index is 5.85. The fourth-order valence-electron chi connectivity index (χ4n) is 1.74. The summed E-state index contributed by atoms with van der Waals surface area (Å²) < 4.78 is 5.68. The predicted molar refractivity (Wildman–Crippen MR) is 71.8 cm³/mol. The molecule has 0 N–H and O–H groups in total. The number of hydrogen-bond donors (Lipinski definition) is 0. The van der Waals surface area contributed by atoms with Crippen molar-refractivity contribution in [3.8, 4) is 0 Å². The highest BCUT2D eigenvalue weighted by Gasteiger charge is 2.34. The van der Waals surface area contributed by atoms with E-state index in [0.717, 1.165) is 17.3 Å². The molecule has 0 radical (unpaired) electrons. The van der Waals surface area contributed by atoms with Gasteiger partial charge in [-0.25, -0.2) is 4.99 Å². The van der Waals surface area contributed by atoms with Gasteiger partial charge >= 0.3 is 0 Å². The van der Waals surface area contributed by atoms with E-state index in [1.807, 2.05) is 24.3 Å². The minimum Gasteiger partial charge on any atom is -0.478 e. The van der Waals surface area contributed by atoms with Gasteiger partial charge < -0.3 is 4.74 Å². The van der Waals surface area contributed by atoms with Crippen molar-refractivity contribution >= 4 is 17.5 Å². The molecule has 0 amide bonds. The number of hydrogen-bond acceptors (Lipinski definition) is 2. The zero-order valence-electron chi connectivity index (χ0n) is 10.5. The van der Waals surface area contributed by atoms with Gasteiger partial charge in [-0.15, -0.1) is 0 Å². The molecule has 1 aromatic carbocycles. The first-order chi connectivity index (χ1) is 7.99. The van der Waals surface area contributed by atoms with Crippen molar-refractivity contribution in [2.75, 3.05) is 6.61 Å². The minimum absolute atomic E-state index is 0.0677. The summed E-state index contributed by atoms with van der Waals surface area (Å²) in [6.07, 6.45) is 0.749. The molecule has 1 aliphatic heterocycles. The molecular weight excluding hydrogens is 234 g/mol. The summed E-state index contributed by atoms with van der Waals surface area (Å²) in [6, 6.07) is 7.82. The first-order valence-corrected chi connectivity index (χ1v) is 6.33. The van der Waals surface area contributed by atoms with E-state index >= 15 is 0 Å². The number of halogens is 1. The molecule has 0 saturated heterocycles. The average molecular weight is 252 g/mol. The van der Waals surface area contributed by atoms with Crippen molar-refractivity contribution in [2.45, 2.75) is 32.7 Å². The van der Waals surface area contributed by atoms with E-state index in [9.17, 15) is 0 Å². The largest absolute Gasteiger partial charge is 0.478 e. The van der Waals surface area contributed by atoms with E-state index in [4.69, 9.17) is 21.3 Å². The van der Waals surface area contributed by atoms with Crippen molar-refractivity contribution in [2.24, 2.45) is 10.9 Å². The molecule has 0 aromatic heterocycles. The summed E-state index contributed by atoms with van der Waals surface area (Å²) in [4.78, 5) is 4.70. The van der Waals surface area contributed by atoms with Crippen molar-refractivity contribution in [1.29, 1.82) is 0 Å². The van der Waals surface area contributed by atoms with Crippen LogP contribution in [0.5, 0.6) is 0 Å². The topological polar surface area (TPSA) is 21.6 Å². The summed E-state index contributed by atoms with van der Waals surface area (Å²) in [7, 11) is 0. The normalized spacial score (nSPS) is 23.7. The molecule has 1 aliphatic rings. The van der Waals surface area contributed by atoms with Crippen molar-refractivity contribution in [1.82, 2.24) is 0 Å². The van der Waals surface area contributed by atoms with Crippen LogP contribution in [-0.2, 0) is 11.2 Å². The summed E-state index contributed by atoms with van der Waals surface area (Å²) in [6.45, 7) is 7.19. The molecule has 3 heteroatoms. The van der Waals surface area contributed by atoms with Crippen LogP contribution in [0.2, 0.25) is 5.02 Å². The third-order valence-electron chi connectivity index (χ3n) is 3.42. The Morgan fingerprint density at radius 2 is 2.00 bits per heavy atom. The number of nitrogens with zero attached hydrogens (tertiary/aromatic N) is 1. The zero-order valence-corrected chi connectivity index (χ0v) is 11.3. The Balaban J connectivity index is 2.08. The summed E-state index contributed by atoms with van der Waals surface area (Å²) in [5.74, 6) is 1.33. The molecule has 0 spiro atoms. The Morgan fingerprint density at radius 1 is 1.35 bits per heavy atom. The lowest BCUT2D eigenvalue weighted by molar-refractivity contribution is 0.222. The standard InChI is InChI=1S/C14H18ClNO/c1-10(2)14(3)9-17-13(16-14)8-11-4-6-12(15)7-5-11/h4-7,10H,8-9H2,1-3H3. The molecule has 17 heavy (non-hydrogen) atoms. The van der Waals surface area contributed by atoms with Gasteiger partial charge in [0, 0.05) is 11.4 Å². The lowest BCUT2D eigenvalue weighted by Crippen LogP contribution is -2.30. The van der Waals surface area contributed by atoms with Gasteiger partial charge in [-0.2, -0.15) is 0 Å². The molecule has 1 heterocycles. The molecule has 1 aromatic rings. The van der Waals surface area contributed by atoms with Crippen LogP contribution in [0.3, 0.4) is 0 Å². The molecule has 0 bridgehead atoms. The molecule has 0 aliphatic carbocycles. The fourth-order valence-corrected chi connectivity index (χ4v) is 1.87. The van der Waals surface area contributed by atoms with Crippen LogP contribution in [0.25, 0.3) is 0 Å². The smallest absolute Gasteiger partial charge is 0.188 e. The number of benzene rings is 1. The molecule has 2 rings (SSSR count).